The fourth-order valence-electron chi connectivity index (χ4n) is 1.57. The predicted molar refractivity (Wildman–Crippen MR) is 78.5 cm³/mol. The fraction of sp³-hybridized carbons (Fsp3) is 0.0714. The molecule has 0 unspecified atom stereocenters. The zero-order valence-corrected chi connectivity index (χ0v) is 12.2. The van der Waals surface area contributed by atoms with Crippen LogP contribution in [0.15, 0.2) is 35.7 Å². The molecule has 0 aliphatic heterocycles. The molecule has 0 saturated carbocycles. The van der Waals surface area contributed by atoms with Crippen molar-refractivity contribution in [2.45, 2.75) is 0 Å². The van der Waals surface area contributed by atoms with Crippen LogP contribution in [0.4, 0.5) is 14.2 Å². The number of halogens is 1. The first-order chi connectivity index (χ1) is 10.5. The highest BCUT2D eigenvalue weighted by atomic mass is 32.1. The first kappa shape index (κ1) is 15.6. The van der Waals surface area contributed by atoms with E-state index in [0.717, 1.165) is 30.6 Å². The number of nitrogens with one attached hydrogen (secondary N) is 2. The van der Waals surface area contributed by atoms with Gasteiger partial charge in [0.2, 0.25) is 0 Å². The maximum Gasteiger partial charge on any atom is 0.413 e. The Labute approximate surface area is 128 Å². The third-order valence-electron chi connectivity index (χ3n) is 2.64. The molecular formula is C14H11FN2O4S. The molecule has 0 aliphatic rings. The molecule has 1 heterocycles. The lowest BCUT2D eigenvalue weighted by atomic mass is 10.2. The van der Waals surface area contributed by atoms with Gasteiger partial charge in [-0.2, -0.15) is 0 Å². The quantitative estimate of drug-likeness (QED) is 0.910. The van der Waals surface area contributed by atoms with E-state index in [1.54, 1.807) is 5.38 Å². The smallest absolute Gasteiger partial charge is 0.413 e. The van der Waals surface area contributed by atoms with E-state index in [0.29, 0.717) is 0 Å². The maximum atomic E-state index is 12.8. The van der Waals surface area contributed by atoms with Gasteiger partial charge in [0.05, 0.1) is 12.7 Å². The summed E-state index contributed by atoms with van der Waals surface area (Å²) >= 11 is 1.12. The Morgan fingerprint density at radius 3 is 2.41 bits per heavy atom. The van der Waals surface area contributed by atoms with E-state index in [1.165, 1.54) is 18.2 Å². The number of alkyl carbamates (subject to hydrolysis) is 1. The van der Waals surface area contributed by atoms with Crippen LogP contribution in [-0.4, -0.2) is 25.0 Å². The zero-order valence-electron chi connectivity index (χ0n) is 11.4. The number of benzene rings is 1. The molecule has 1 aromatic carbocycles. The summed E-state index contributed by atoms with van der Waals surface area (Å²) in [5, 5.41) is 6.40. The summed E-state index contributed by atoms with van der Waals surface area (Å²) in [7, 11) is 1.13. The minimum absolute atomic E-state index is 0.130. The molecule has 0 spiro atoms. The lowest BCUT2D eigenvalue weighted by Gasteiger charge is -2.06. The number of rotatable bonds is 3. The van der Waals surface area contributed by atoms with Crippen molar-refractivity contribution in [1.82, 2.24) is 5.32 Å². The highest BCUT2D eigenvalue weighted by Crippen LogP contribution is 2.24. The average Bonchev–Trinajstić information content (AvgIpc) is 2.95. The van der Waals surface area contributed by atoms with E-state index in [1.807, 2.05) is 5.32 Å². The molecule has 22 heavy (non-hydrogen) atoms. The molecule has 114 valence electrons. The third-order valence-corrected chi connectivity index (χ3v) is 3.47. The Hall–Kier alpha value is -2.74. The van der Waals surface area contributed by atoms with Gasteiger partial charge in [-0.25, -0.2) is 9.18 Å². The Bertz CT molecular complexity index is 712. The average molecular weight is 322 g/mol. The Morgan fingerprint density at radius 2 is 1.77 bits per heavy atom. The van der Waals surface area contributed by atoms with Crippen molar-refractivity contribution >= 4 is 34.2 Å². The number of hydrogen-bond donors (Lipinski definition) is 2. The molecule has 2 N–H and O–H groups in total. The molecule has 0 aliphatic carbocycles. The molecule has 0 bridgehead atoms. The highest BCUT2D eigenvalue weighted by Gasteiger charge is 2.18. The number of anilines is 1. The molecule has 2 rings (SSSR count). The van der Waals surface area contributed by atoms with Gasteiger partial charge in [0, 0.05) is 5.56 Å². The Morgan fingerprint density at radius 1 is 1.09 bits per heavy atom. The monoisotopic (exact) mass is 322 g/mol. The summed E-state index contributed by atoms with van der Waals surface area (Å²) in [6.07, 6.45) is -0.896. The van der Waals surface area contributed by atoms with E-state index in [2.05, 4.69) is 10.1 Å². The number of carbonyl (C=O) groups excluding carboxylic acids is 3. The van der Waals surface area contributed by atoms with Gasteiger partial charge >= 0.3 is 6.09 Å². The summed E-state index contributed by atoms with van der Waals surface area (Å²) in [6.45, 7) is 0. The fourth-order valence-corrected chi connectivity index (χ4v) is 2.35. The molecule has 1 aromatic heterocycles. The molecule has 0 radical (unpaired) electrons. The minimum Gasteiger partial charge on any atom is -0.453 e. The van der Waals surface area contributed by atoms with Crippen molar-refractivity contribution < 1.29 is 23.5 Å². The summed E-state index contributed by atoms with van der Waals surface area (Å²) in [4.78, 5) is 34.9. The van der Waals surface area contributed by atoms with Crippen molar-refractivity contribution in [1.29, 1.82) is 0 Å². The van der Waals surface area contributed by atoms with Gasteiger partial charge in [0.1, 0.15) is 10.8 Å². The molecule has 2 aromatic rings. The number of thiophene rings is 1. The SMILES string of the molecule is COC(=O)NC(=O)c1ccsc1NC(=O)c1ccc(F)cc1. The molecule has 8 heteroatoms. The van der Waals surface area contributed by atoms with E-state index in [-0.39, 0.29) is 16.1 Å². The standard InChI is InChI=1S/C14H11FN2O4S/c1-21-14(20)17-12(19)10-6-7-22-13(10)16-11(18)8-2-4-9(15)5-3-8/h2-7H,1H3,(H,16,18)(H,17,19,20). The summed E-state index contributed by atoms with van der Waals surface area (Å²) in [6, 6.07) is 6.44. The van der Waals surface area contributed by atoms with Crippen LogP contribution in [0, 0.1) is 5.82 Å². The Balaban J connectivity index is 2.12. The van der Waals surface area contributed by atoms with Crippen molar-refractivity contribution in [3.8, 4) is 0 Å². The van der Waals surface area contributed by atoms with E-state index >= 15 is 0 Å². The molecular weight excluding hydrogens is 311 g/mol. The van der Waals surface area contributed by atoms with Crippen molar-refractivity contribution in [2.24, 2.45) is 0 Å². The Kier molecular flexibility index (Phi) is 4.84. The van der Waals surface area contributed by atoms with Crippen LogP contribution in [0.5, 0.6) is 0 Å². The molecule has 0 fully saturated rings. The van der Waals surface area contributed by atoms with E-state index in [9.17, 15) is 18.8 Å². The van der Waals surface area contributed by atoms with Crippen LogP contribution in [0.3, 0.4) is 0 Å². The first-order valence-electron chi connectivity index (χ1n) is 6.05. The topological polar surface area (TPSA) is 84.5 Å². The highest BCUT2D eigenvalue weighted by molar-refractivity contribution is 7.14. The van der Waals surface area contributed by atoms with Gasteiger partial charge in [0.25, 0.3) is 11.8 Å². The second-order valence-corrected chi connectivity index (χ2v) is 4.99. The van der Waals surface area contributed by atoms with Crippen LogP contribution < -0.4 is 10.6 Å². The number of carbonyl (C=O) groups is 3. The molecule has 6 nitrogen and oxygen atoms in total. The number of ether oxygens (including phenoxy) is 1. The summed E-state index contributed by atoms with van der Waals surface area (Å²) < 4.78 is 17.2. The van der Waals surface area contributed by atoms with Crippen LogP contribution >= 0.6 is 11.3 Å². The summed E-state index contributed by atoms with van der Waals surface area (Å²) in [5.74, 6) is -1.64. The first-order valence-corrected chi connectivity index (χ1v) is 6.93. The number of amides is 3. The molecule has 3 amide bonds. The summed E-state index contributed by atoms with van der Waals surface area (Å²) in [5.41, 5.74) is 0.375. The molecule has 0 saturated heterocycles. The maximum absolute atomic E-state index is 12.8. The molecule has 0 atom stereocenters. The van der Waals surface area contributed by atoms with Crippen LogP contribution in [0.1, 0.15) is 20.7 Å². The number of methoxy groups -OCH3 is 1. The van der Waals surface area contributed by atoms with Gasteiger partial charge < -0.3 is 10.1 Å². The van der Waals surface area contributed by atoms with Crippen LogP contribution in [0.25, 0.3) is 0 Å². The largest absolute Gasteiger partial charge is 0.453 e. The van der Waals surface area contributed by atoms with Crippen molar-refractivity contribution in [2.75, 3.05) is 12.4 Å². The number of hydrogen-bond acceptors (Lipinski definition) is 5. The van der Waals surface area contributed by atoms with Crippen LogP contribution in [0.2, 0.25) is 0 Å². The lowest BCUT2D eigenvalue weighted by Crippen LogP contribution is -2.30. The van der Waals surface area contributed by atoms with Crippen LogP contribution in [-0.2, 0) is 4.74 Å². The van der Waals surface area contributed by atoms with Gasteiger partial charge in [0.15, 0.2) is 0 Å². The van der Waals surface area contributed by atoms with Crippen molar-refractivity contribution in [3.63, 3.8) is 0 Å². The van der Waals surface area contributed by atoms with Gasteiger partial charge in [-0.05, 0) is 35.7 Å². The normalized spacial score (nSPS) is 9.91. The van der Waals surface area contributed by atoms with Gasteiger partial charge in [-0.15, -0.1) is 11.3 Å². The third kappa shape index (κ3) is 3.67. The van der Waals surface area contributed by atoms with Crippen molar-refractivity contribution in [3.05, 3.63) is 52.7 Å². The minimum atomic E-state index is -0.896. The van der Waals surface area contributed by atoms with E-state index in [4.69, 9.17) is 0 Å². The zero-order chi connectivity index (χ0) is 16.1. The van der Waals surface area contributed by atoms with Gasteiger partial charge in [-0.3, -0.25) is 14.9 Å². The van der Waals surface area contributed by atoms with E-state index < -0.39 is 23.7 Å². The lowest BCUT2D eigenvalue weighted by molar-refractivity contribution is 0.0938. The second kappa shape index (κ2) is 6.81. The number of imide groups is 1. The predicted octanol–water partition coefficient (Wildman–Crippen LogP) is 2.64. The van der Waals surface area contributed by atoms with Gasteiger partial charge in [-0.1, -0.05) is 0 Å². The second-order valence-electron chi connectivity index (χ2n) is 4.07.